The van der Waals surface area contributed by atoms with E-state index in [2.05, 4.69) is 15.7 Å². The van der Waals surface area contributed by atoms with E-state index >= 15 is 0 Å². The lowest BCUT2D eigenvalue weighted by Gasteiger charge is -2.11. The number of para-hydroxylation sites is 2. The summed E-state index contributed by atoms with van der Waals surface area (Å²) < 4.78 is 6.47. The van der Waals surface area contributed by atoms with Crippen LogP contribution >= 0.6 is 0 Å². The highest BCUT2D eigenvalue weighted by molar-refractivity contribution is 5.93. The summed E-state index contributed by atoms with van der Waals surface area (Å²) in [5.74, 6) is -0.564. The Morgan fingerprint density at radius 3 is 2.78 bits per heavy atom. The van der Waals surface area contributed by atoms with Crippen LogP contribution < -0.4 is 10.6 Å². The van der Waals surface area contributed by atoms with Gasteiger partial charge in [-0.15, -0.1) is 0 Å². The molecule has 0 unspecified atom stereocenters. The van der Waals surface area contributed by atoms with E-state index in [9.17, 15) is 9.59 Å². The molecule has 2 aromatic rings. The monoisotopic (exact) mass is 316 g/mol. The highest BCUT2D eigenvalue weighted by Gasteiger charge is 2.13. The summed E-state index contributed by atoms with van der Waals surface area (Å²) in [5, 5.41) is 9.99. The Kier molecular flexibility index (Phi) is 5.87. The highest BCUT2D eigenvalue weighted by atomic mass is 16.5. The van der Waals surface area contributed by atoms with E-state index in [0.29, 0.717) is 30.9 Å². The highest BCUT2D eigenvalue weighted by Crippen LogP contribution is 2.19. The summed E-state index contributed by atoms with van der Waals surface area (Å²) >= 11 is 0. The fourth-order valence-corrected chi connectivity index (χ4v) is 2.00. The lowest BCUT2D eigenvalue weighted by molar-refractivity contribution is -0.116. The predicted octanol–water partition coefficient (Wildman–Crippen LogP) is 1.60. The van der Waals surface area contributed by atoms with Gasteiger partial charge in [-0.2, -0.15) is 5.10 Å². The minimum atomic E-state index is -0.471. The van der Waals surface area contributed by atoms with Gasteiger partial charge >= 0.3 is 5.97 Å². The molecule has 0 bridgehead atoms. The van der Waals surface area contributed by atoms with E-state index in [1.807, 2.05) is 18.2 Å². The van der Waals surface area contributed by atoms with Crippen molar-refractivity contribution in [3.63, 3.8) is 0 Å². The molecule has 2 N–H and O–H groups in total. The molecule has 122 valence electrons. The topological polar surface area (TPSA) is 85.2 Å². The van der Waals surface area contributed by atoms with Gasteiger partial charge in [-0.25, -0.2) is 9.48 Å². The maximum atomic E-state index is 11.9. The van der Waals surface area contributed by atoms with Gasteiger partial charge in [0.05, 0.1) is 18.0 Å². The second-order valence-electron chi connectivity index (χ2n) is 4.78. The van der Waals surface area contributed by atoms with Crippen LogP contribution in [0.1, 0.15) is 23.8 Å². The average Bonchev–Trinajstić information content (AvgIpc) is 3.03. The Bertz CT molecular complexity index is 681. The van der Waals surface area contributed by atoms with Crippen LogP contribution in [0, 0.1) is 0 Å². The van der Waals surface area contributed by atoms with Crippen LogP contribution in [0.15, 0.2) is 36.5 Å². The zero-order valence-electron chi connectivity index (χ0n) is 13.2. The molecule has 0 saturated carbocycles. The van der Waals surface area contributed by atoms with Crippen molar-refractivity contribution in [2.45, 2.75) is 13.3 Å². The minimum Gasteiger partial charge on any atom is -0.461 e. The fraction of sp³-hybridized carbons (Fsp3) is 0.312. The normalized spacial score (nSPS) is 10.3. The largest absolute Gasteiger partial charge is 0.461 e. The number of carbonyl (C=O) groups is 2. The van der Waals surface area contributed by atoms with Crippen LogP contribution in [-0.2, 0) is 9.53 Å². The first-order valence-corrected chi connectivity index (χ1v) is 7.42. The first-order chi connectivity index (χ1) is 11.2. The van der Waals surface area contributed by atoms with Gasteiger partial charge in [0.1, 0.15) is 0 Å². The van der Waals surface area contributed by atoms with Crippen LogP contribution in [-0.4, -0.2) is 41.9 Å². The van der Waals surface area contributed by atoms with Crippen LogP contribution in [0.25, 0.3) is 5.69 Å². The Balaban J connectivity index is 2.20. The summed E-state index contributed by atoms with van der Waals surface area (Å²) in [7, 11) is 1.79. The lowest BCUT2D eigenvalue weighted by Crippen LogP contribution is -2.19. The third-order valence-corrected chi connectivity index (χ3v) is 3.10. The summed E-state index contributed by atoms with van der Waals surface area (Å²) in [5.41, 5.74) is 1.54. The Morgan fingerprint density at radius 1 is 1.26 bits per heavy atom. The van der Waals surface area contributed by atoms with E-state index in [1.165, 1.54) is 0 Å². The predicted molar refractivity (Wildman–Crippen MR) is 86.7 cm³/mol. The molecular weight excluding hydrogens is 296 g/mol. The molecule has 7 nitrogen and oxygen atoms in total. The number of esters is 1. The quantitative estimate of drug-likeness (QED) is 0.758. The van der Waals surface area contributed by atoms with Gasteiger partial charge in [0.2, 0.25) is 5.91 Å². The van der Waals surface area contributed by atoms with E-state index in [4.69, 9.17) is 4.74 Å². The molecule has 0 spiro atoms. The molecule has 2 rings (SSSR count). The molecule has 1 aromatic heterocycles. The molecule has 0 fully saturated rings. The third-order valence-electron chi connectivity index (χ3n) is 3.10. The number of hydrogen-bond donors (Lipinski definition) is 2. The zero-order valence-corrected chi connectivity index (χ0v) is 13.2. The number of anilines is 1. The number of ether oxygens (including phenoxy) is 1. The number of benzene rings is 1. The molecule has 0 atom stereocenters. The number of hydrogen-bond acceptors (Lipinski definition) is 5. The molecule has 23 heavy (non-hydrogen) atoms. The van der Waals surface area contributed by atoms with Crippen LogP contribution in [0.4, 0.5) is 5.69 Å². The average molecular weight is 316 g/mol. The van der Waals surface area contributed by atoms with Gasteiger partial charge in [0, 0.05) is 19.2 Å². The van der Waals surface area contributed by atoms with Crippen molar-refractivity contribution < 1.29 is 14.3 Å². The van der Waals surface area contributed by atoms with Gasteiger partial charge in [-0.05, 0) is 32.2 Å². The first-order valence-electron chi connectivity index (χ1n) is 7.42. The SMILES string of the molecule is CCOC(=O)c1ccn(-c2ccccc2NC(=O)CCNC)n1. The number of nitrogens with one attached hydrogen (secondary N) is 2. The summed E-state index contributed by atoms with van der Waals surface area (Å²) in [6, 6.07) is 8.85. The van der Waals surface area contributed by atoms with Crippen LogP contribution in [0.5, 0.6) is 0 Å². The van der Waals surface area contributed by atoms with Crippen molar-refractivity contribution in [2.75, 3.05) is 25.5 Å². The van der Waals surface area contributed by atoms with Gasteiger partial charge in [0.25, 0.3) is 0 Å². The fourth-order valence-electron chi connectivity index (χ4n) is 2.00. The van der Waals surface area contributed by atoms with Crippen molar-refractivity contribution in [2.24, 2.45) is 0 Å². The number of amides is 1. The molecule has 0 aliphatic carbocycles. The first kappa shape index (κ1) is 16.7. The molecule has 0 aliphatic heterocycles. The maximum absolute atomic E-state index is 11.9. The second kappa shape index (κ2) is 8.09. The lowest BCUT2D eigenvalue weighted by atomic mass is 10.2. The summed E-state index contributed by atoms with van der Waals surface area (Å²) in [6.07, 6.45) is 2.03. The minimum absolute atomic E-state index is 0.0930. The molecule has 1 heterocycles. The van der Waals surface area contributed by atoms with Crippen molar-refractivity contribution in [1.82, 2.24) is 15.1 Å². The van der Waals surface area contributed by atoms with Gasteiger partial charge in [-0.3, -0.25) is 4.79 Å². The number of carbonyl (C=O) groups excluding carboxylic acids is 2. The second-order valence-corrected chi connectivity index (χ2v) is 4.78. The maximum Gasteiger partial charge on any atom is 0.358 e. The van der Waals surface area contributed by atoms with E-state index < -0.39 is 5.97 Å². The van der Waals surface area contributed by atoms with Crippen LogP contribution in [0.2, 0.25) is 0 Å². The molecule has 0 aliphatic rings. The van der Waals surface area contributed by atoms with Crippen molar-refractivity contribution in [3.05, 3.63) is 42.2 Å². The number of aromatic nitrogens is 2. The van der Waals surface area contributed by atoms with Crippen molar-refractivity contribution in [1.29, 1.82) is 0 Å². The van der Waals surface area contributed by atoms with E-state index in [0.717, 1.165) is 0 Å². The third kappa shape index (κ3) is 4.40. The molecule has 7 heteroatoms. The molecular formula is C16H20N4O3. The molecule has 1 aromatic carbocycles. The summed E-state index contributed by atoms with van der Waals surface area (Å²) in [6.45, 7) is 2.64. The Hall–Kier alpha value is -2.67. The van der Waals surface area contributed by atoms with Crippen molar-refractivity contribution in [3.8, 4) is 5.69 Å². The molecule has 0 radical (unpaired) electrons. The number of rotatable bonds is 7. The molecule has 1 amide bonds. The zero-order chi connectivity index (χ0) is 16.7. The van der Waals surface area contributed by atoms with Crippen molar-refractivity contribution >= 4 is 17.6 Å². The Labute approximate surface area is 134 Å². The van der Waals surface area contributed by atoms with Crippen LogP contribution in [0.3, 0.4) is 0 Å². The van der Waals surface area contributed by atoms with E-state index in [1.54, 1.807) is 37.0 Å². The molecule has 0 saturated heterocycles. The Morgan fingerprint density at radius 2 is 2.04 bits per heavy atom. The standard InChI is InChI=1S/C16H20N4O3/c1-3-23-16(22)13-9-11-20(19-13)14-7-5-4-6-12(14)18-15(21)8-10-17-2/h4-7,9,11,17H,3,8,10H2,1-2H3,(H,18,21). The van der Waals surface area contributed by atoms with Gasteiger partial charge in [0.15, 0.2) is 5.69 Å². The van der Waals surface area contributed by atoms with E-state index in [-0.39, 0.29) is 11.6 Å². The van der Waals surface area contributed by atoms with Gasteiger partial charge < -0.3 is 15.4 Å². The summed E-state index contributed by atoms with van der Waals surface area (Å²) in [4.78, 5) is 23.6. The van der Waals surface area contributed by atoms with Gasteiger partial charge in [-0.1, -0.05) is 12.1 Å². The smallest absolute Gasteiger partial charge is 0.358 e. The number of nitrogens with zero attached hydrogens (tertiary/aromatic N) is 2.